The average Bonchev–Trinajstić information content (AvgIpc) is 2.46. The Bertz CT molecular complexity index is 418. The van der Waals surface area contributed by atoms with Crippen LogP contribution < -0.4 is 5.73 Å². The predicted octanol–water partition coefficient (Wildman–Crippen LogP) is 0.469. The van der Waals surface area contributed by atoms with Gasteiger partial charge >= 0.3 is 0 Å². The monoisotopic (exact) mass is 176 g/mol. The fourth-order valence-electron chi connectivity index (χ4n) is 1.44. The second kappa shape index (κ2) is 3.14. The number of aryl methyl sites for hydroxylation is 1. The van der Waals surface area contributed by atoms with Gasteiger partial charge in [-0.25, -0.2) is 4.98 Å². The first-order valence-electron chi connectivity index (χ1n) is 4.28. The van der Waals surface area contributed by atoms with Gasteiger partial charge in [0.25, 0.3) is 0 Å². The Morgan fingerprint density at radius 1 is 1.54 bits per heavy atom. The Morgan fingerprint density at radius 3 is 3.08 bits per heavy atom. The first kappa shape index (κ1) is 8.19. The Kier molecular flexibility index (Phi) is 1.98. The van der Waals surface area contributed by atoms with Gasteiger partial charge in [0.05, 0.1) is 17.2 Å². The van der Waals surface area contributed by atoms with Crippen LogP contribution in [-0.4, -0.2) is 21.1 Å². The SMILES string of the molecule is Cn1c(CCN)nc2ccncc21. The zero-order chi connectivity index (χ0) is 9.26. The van der Waals surface area contributed by atoms with E-state index in [2.05, 4.69) is 9.97 Å². The molecule has 0 unspecified atom stereocenters. The Hall–Kier alpha value is -1.42. The topological polar surface area (TPSA) is 56.7 Å². The lowest BCUT2D eigenvalue weighted by molar-refractivity contribution is 0.793. The molecule has 0 spiro atoms. The van der Waals surface area contributed by atoms with E-state index in [4.69, 9.17) is 5.73 Å². The van der Waals surface area contributed by atoms with E-state index >= 15 is 0 Å². The van der Waals surface area contributed by atoms with Crippen molar-refractivity contribution in [3.05, 3.63) is 24.3 Å². The summed E-state index contributed by atoms with van der Waals surface area (Å²) in [5.41, 5.74) is 7.53. The minimum absolute atomic E-state index is 0.630. The van der Waals surface area contributed by atoms with Crippen LogP contribution in [0.3, 0.4) is 0 Å². The molecular weight excluding hydrogens is 164 g/mol. The third-order valence-corrected chi connectivity index (χ3v) is 2.14. The smallest absolute Gasteiger partial charge is 0.110 e. The summed E-state index contributed by atoms with van der Waals surface area (Å²) in [5.74, 6) is 1.02. The van der Waals surface area contributed by atoms with Crippen molar-refractivity contribution in [3.63, 3.8) is 0 Å². The Labute approximate surface area is 76.4 Å². The van der Waals surface area contributed by atoms with Crippen LogP contribution in [0.1, 0.15) is 5.82 Å². The highest BCUT2D eigenvalue weighted by Crippen LogP contribution is 2.12. The molecule has 0 amide bonds. The van der Waals surface area contributed by atoms with Gasteiger partial charge in [0.1, 0.15) is 5.82 Å². The molecule has 68 valence electrons. The maximum atomic E-state index is 5.48. The fourth-order valence-corrected chi connectivity index (χ4v) is 1.44. The second-order valence-electron chi connectivity index (χ2n) is 2.99. The van der Waals surface area contributed by atoms with Crippen molar-refractivity contribution >= 4 is 11.0 Å². The molecule has 4 heteroatoms. The number of imidazole rings is 1. The standard InChI is InChI=1S/C9H12N4/c1-13-8-6-11-5-3-7(8)12-9(13)2-4-10/h3,5-6H,2,4,10H2,1H3. The highest BCUT2D eigenvalue weighted by molar-refractivity contribution is 5.74. The summed E-state index contributed by atoms with van der Waals surface area (Å²) in [7, 11) is 1.99. The van der Waals surface area contributed by atoms with E-state index in [-0.39, 0.29) is 0 Å². The van der Waals surface area contributed by atoms with Gasteiger partial charge in [0, 0.05) is 19.7 Å². The van der Waals surface area contributed by atoms with Crippen LogP contribution in [0.5, 0.6) is 0 Å². The number of hydrogen-bond donors (Lipinski definition) is 1. The number of hydrogen-bond acceptors (Lipinski definition) is 3. The molecule has 0 aliphatic carbocycles. The quantitative estimate of drug-likeness (QED) is 0.723. The number of nitrogens with two attached hydrogens (primary N) is 1. The summed E-state index contributed by atoms with van der Waals surface area (Å²) in [6.45, 7) is 0.630. The minimum atomic E-state index is 0.630. The molecule has 0 radical (unpaired) electrons. The van der Waals surface area contributed by atoms with Crippen molar-refractivity contribution < 1.29 is 0 Å². The van der Waals surface area contributed by atoms with E-state index in [1.54, 1.807) is 6.20 Å². The van der Waals surface area contributed by atoms with Crippen LogP contribution in [-0.2, 0) is 13.5 Å². The summed E-state index contributed by atoms with van der Waals surface area (Å²) in [5, 5.41) is 0. The van der Waals surface area contributed by atoms with Crippen molar-refractivity contribution in [2.45, 2.75) is 6.42 Å². The van der Waals surface area contributed by atoms with Crippen molar-refractivity contribution in [1.82, 2.24) is 14.5 Å². The molecule has 0 aromatic carbocycles. The second-order valence-corrected chi connectivity index (χ2v) is 2.99. The first-order chi connectivity index (χ1) is 6.33. The normalized spacial score (nSPS) is 10.9. The van der Waals surface area contributed by atoms with Crippen molar-refractivity contribution in [3.8, 4) is 0 Å². The van der Waals surface area contributed by atoms with Crippen molar-refractivity contribution in [1.29, 1.82) is 0 Å². The van der Waals surface area contributed by atoms with E-state index in [1.165, 1.54) is 0 Å². The molecule has 2 aromatic rings. The van der Waals surface area contributed by atoms with Crippen LogP contribution in [0.15, 0.2) is 18.5 Å². The van der Waals surface area contributed by atoms with Gasteiger partial charge in [-0.2, -0.15) is 0 Å². The zero-order valence-electron chi connectivity index (χ0n) is 7.57. The number of aromatic nitrogens is 3. The van der Waals surface area contributed by atoms with E-state index in [1.807, 2.05) is 23.9 Å². The summed E-state index contributed by atoms with van der Waals surface area (Å²) in [6, 6.07) is 1.91. The van der Waals surface area contributed by atoms with Gasteiger partial charge in [-0.3, -0.25) is 4.98 Å². The maximum Gasteiger partial charge on any atom is 0.110 e. The number of rotatable bonds is 2. The predicted molar refractivity (Wildman–Crippen MR) is 51.3 cm³/mol. The molecule has 2 N–H and O–H groups in total. The van der Waals surface area contributed by atoms with Crippen LogP contribution in [0, 0.1) is 0 Å². The Morgan fingerprint density at radius 2 is 2.38 bits per heavy atom. The zero-order valence-corrected chi connectivity index (χ0v) is 7.57. The van der Waals surface area contributed by atoms with E-state index in [0.29, 0.717) is 6.54 Å². The molecule has 13 heavy (non-hydrogen) atoms. The molecule has 0 bridgehead atoms. The average molecular weight is 176 g/mol. The first-order valence-corrected chi connectivity index (χ1v) is 4.28. The van der Waals surface area contributed by atoms with Crippen LogP contribution in [0.4, 0.5) is 0 Å². The highest BCUT2D eigenvalue weighted by Gasteiger charge is 2.05. The van der Waals surface area contributed by atoms with Crippen molar-refractivity contribution in [2.75, 3.05) is 6.54 Å². The van der Waals surface area contributed by atoms with Gasteiger partial charge in [0.15, 0.2) is 0 Å². The minimum Gasteiger partial charge on any atom is -0.330 e. The molecule has 0 saturated heterocycles. The van der Waals surface area contributed by atoms with Gasteiger partial charge in [-0.15, -0.1) is 0 Å². The lowest BCUT2D eigenvalue weighted by Gasteiger charge is -1.98. The molecule has 0 saturated carbocycles. The third-order valence-electron chi connectivity index (χ3n) is 2.14. The number of pyridine rings is 1. The summed E-state index contributed by atoms with van der Waals surface area (Å²) in [6.07, 6.45) is 4.38. The Balaban J connectivity index is 2.60. The molecule has 4 nitrogen and oxygen atoms in total. The maximum absolute atomic E-state index is 5.48. The summed E-state index contributed by atoms with van der Waals surface area (Å²) >= 11 is 0. The number of fused-ring (bicyclic) bond motifs is 1. The van der Waals surface area contributed by atoms with Gasteiger partial charge < -0.3 is 10.3 Å². The fraction of sp³-hybridized carbons (Fsp3) is 0.333. The van der Waals surface area contributed by atoms with Crippen LogP contribution >= 0.6 is 0 Å². The summed E-state index contributed by atoms with van der Waals surface area (Å²) in [4.78, 5) is 8.50. The van der Waals surface area contributed by atoms with Gasteiger partial charge in [-0.05, 0) is 12.6 Å². The summed E-state index contributed by atoms with van der Waals surface area (Å²) < 4.78 is 2.04. The highest BCUT2D eigenvalue weighted by atomic mass is 15.1. The van der Waals surface area contributed by atoms with Crippen LogP contribution in [0.25, 0.3) is 11.0 Å². The molecule has 2 heterocycles. The molecule has 0 aliphatic rings. The van der Waals surface area contributed by atoms with Crippen molar-refractivity contribution in [2.24, 2.45) is 12.8 Å². The largest absolute Gasteiger partial charge is 0.330 e. The molecule has 2 aromatic heterocycles. The lowest BCUT2D eigenvalue weighted by Crippen LogP contribution is -2.07. The number of nitrogens with zero attached hydrogens (tertiary/aromatic N) is 3. The van der Waals surface area contributed by atoms with E-state index < -0.39 is 0 Å². The molecular formula is C9H12N4. The van der Waals surface area contributed by atoms with Gasteiger partial charge in [-0.1, -0.05) is 0 Å². The van der Waals surface area contributed by atoms with Gasteiger partial charge in [0.2, 0.25) is 0 Å². The molecule has 0 aliphatic heterocycles. The van der Waals surface area contributed by atoms with E-state index in [0.717, 1.165) is 23.3 Å². The molecule has 0 atom stereocenters. The third kappa shape index (κ3) is 1.29. The van der Waals surface area contributed by atoms with Crippen LogP contribution in [0.2, 0.25) is 0 Å². The van der Waals surface area contributed by atoms with E-state index in [9.17, 15) is 0 Å². The molecule has 0 fully saturated rings. The lowest BCUT2D eigenvalue weighted by atomic mass is 10.4. The molecule has 2 rings (SSSR count).